The summed E-state index contributed by atoms with van der Waals surface area (Å²) in [6, 6.07) is 18.9. The van der Waals surface area contributed by atoms with Gasteiger partial charge in [0.25, 0.3) is 0 Å². The van der Waals surface area contributed by atoms with Crippen molar-refractivity contribution in [2.45, 2.75) is 19.3 Å². The van der Waals surface area contributed by atoms with Crippen molar-refractivity contribution >= 4 is 16.7 Å². The van der Waals surface area contributed by atoms with Gasteiger partial charge in [0.1, 0.15) is 11.5 Å². The Bertz CT molecular complexity index is 1300. The second kappa shape index (κ2) is 9.82. The van der Waals surface area contributed by atoms with Crippen LogP contribution in [0.4, 0.5) is 13.2 Å². The van der Waals surface area contributed by atoms with Crippen LogP contribution in [-0.4, -0.2) is 24.4 Å². The maximum atomic E-state index is 12.4. The van der Waals surface area contributed by atoms with Crippen molar-refractivity contribution < 1.29 is 27.4 Å². The van der Waals surface area contributed by atoms with Gasteiger partial charge < -0.3 is 14.8 Å². The Labute approximate surface area is 194 Å². The Kier molecular flexibility index (Phi) is 6.67. The first-order valence-electron chi connectivity index (χ1n) is 10.4. The molecule has 0 bridgehead atoms. The molecule has 0 saturated carbocycles. The zero-order chi connectivity index (χ0) is 24.1. The second-order valence-corrected chi connectivity index (χ2v) is 7.57. The van der Waals surface area contributed by atoms with Crippen LogP contribution in [0, 0.1) is 0 Å². The van der Waals surface area contributed by atoms with Crippen molar-refractivity contribution in [2.24, 2.45) is 0 Å². The number of pyridine rings is 1. The van der Waals surface area contributed by atoms with Gasteiger partial charge in [-0.2, -0.15) is 0 Å². The Morgan fingerprint density at radius 2 is 1.76 bits per heavy atom. The van der Waals surface area contributed by atoms with Gasteiger partial charge in [0.2, 0.25) is 5.91 Å². The van der Waals surface area contributed by atoms with Gasteiger partial charge in [-0.3, -0.25) is 9.78 Å². The molecule has 3 aromatic carbocycles. The topological polar surface area (TPSA) is 60.5 Å². The number of hydrogen-bond acceptors (Lipinski definition) is 4. The van der Waals surface area contributed by atoms with E-state index in [0.717, 1.165) is 33.2 Å². The molecule has 0 aliphatic carbocycles. The molecule has 0 saturated heterocycles. The average molecular weight is 466 g/mol. The van der Waals surface area contributed by atoms with Crippen molar-refractivity contribution in [2.75, 3.05) is 7.11 Å². The van der Waals surface area contributed by atoms with E-state index >= 15 is 0 Å². The van der Waals surface area contributed by atoms with Crippen LogP contribution >= 0.6 is 0 Å². The van der Waals surface area contributed by atoms with Gasteiger partial charge in [-0.25, -0.2) is 0 Å². The van der Waals surface area contributed by atoms with Gasteiger partial charge >= 0.3 is 6.36 Å². The summed E-state index contributed by atoms with van der Waals surface area (Å²) in [5.41, 5.74) is 3.50. The lowest BCUT2D eigenvalue weighted by molar-refractivity contribution is -0.274. The predicted molar refractivity (Wildman–Crippen MR) is 122 cm³/mol. The van der Waals surface area contributed by atoms with E-state index in [1.54, 1.807) is 19.5 Å². The molecule has 1 N–H and O–H groups in total. The summed E-state index contributed by atoms with van der Waals surface area (Å²) in [7, 11) is 1.62. The van der Waals surface area contributed by atoms with E-state index in [0.29, 0.717) is 5.56 Å². The Morgan fingerprint density at radius 1 is 0.971 bits per heavy atom. The number of methoxy groups -OCH3 is 1. The molecule has 0 unspecified atom stereocenters. The van der Waals surface area contributed by atoms with Crippen LogP contribution in [-0.2, 0) is 17.8 Å². The van der Waals surface area contributed by atoms with E-state index in [2.05, 4.69) is 15.0 Å². The highest BCUT2D eigenvalue weighted by Gasteiger charge is 2.30. The minimum Gasteiger partial charge on any atom is -0.497 e. The average Bonchev–Trinajstić information content (AvgIpc) is 2.83. The molecule has 0 spiro atoms. The molecule has 0 atom stereocenters. The number of carbonyl (C=O) groups is 1. The number of halogens is 3. The van der Waals surface area contributed by atoms with E-state index < -0.39 is 6.36 Å². The van der Waals surface area contributed by atoms with Crippen LogP contribution in [0.2, 0.25) is 0 Å². The smallest absolute Gasteiger partial charge is 0.497 e. The monoisotopic (exact) mass is 466 g/mol. The van der Waals surface area contributed by atoms with Crippen molar-refractivity contribution in [3.63, 3.8) is 0 Å². The molecule has 8 heteroatoms. The van der Waals surface area contributed by atoms with E-state index in [9.17, 15) is 18.0 Å². The van der Waals surface area contributed by atoms with Crippen molar-refractivity contribution in [1.82, 2.24) is 10.3 Å². The molecule has 4 rings (SSSR count). The van der Waals surface area contributed by atoms with Gasteiger partial charge in [0.05, 0.1) is 13.5 Å². The zero-order valence-corrected chi connectivity index (χ0v) is 18.2. The lowest BCUT2D eigenvalue weighted by atomic mass is 9.96. The predicted octanol–water partition coefficient (Wildman–Crippen LogP) is 5.67. The molecular formula is C26H21F3N2O3. The zero-order valence-electron chi connectivity index (χ0n) is 18.2. The SMILES string of the molecule is COc1cccc(-c2ccc(CNC(=O)Cc3ccc(OC(F)(F)F)cc3)c3cnccc23)c1. The molecule has 0 radical (unpaired) electrons. The third kappa shape index (κ3) is 5.64. The van der Waals surface area contributed by atoms with Crippen molar-refractivity contribution in [3.05, 3.63) is 90.3 Å². The molecule has 4 aromatic rings. The first kappa shape index (κ1) is 23.1. The van der Waals surface area contributed by atoms with E-state index in [1.807, 2.05) is 42.5 Å². The van der Waals surface area contributed by atoms with Crippen molar-refractivity contribution in [3.8, 4) is 22.6 Å². The number of nitrogens with one attached hydrogen (secondary N) is 1. The highest BCUT2D eigenvalue weighted by atomic mass is 19.4. The van der Waals surface area contributed by atoms with E-state index in [1.165, 1.54) is 24.3 Å². The summed E-state index contributed by atoms with van der Waals surface area (Å²) >= 11 is 0. The number of ether oxygens (including phenoxy) is 2. The van der Waals surface area contributed by atoms with Crippen LogP contribution in [0.5, 0.6) is 11.5 Å². The van der Waals surface area contributed by atoms with Gasteiger partial charge in [-0.05, 0) is 58.0 Å². The maximum Gasteiger partial charge on any atom is 0.573 e. The third-order valence-corrected chi connectivity index (χ3v) is 5.29. The molecule has 0 fully saturated rings. The van der Waals surface area contributed by atoms with Gasteiger partial charge in [0.15, 0.2) is 0 Å². The first-order valence-corrected chi connectivity index (χ1v) is 10.4. The standard InChI is InChI=1S/C26H21F3N2O3/c1-33-21-4-2-3-18(14-21)22-10-7-19(24-16-30-12-11-23(22)24)15-31-25(32)13-17-5-8-20(9-6-17)34-26(27,28)29/h2-12,14,16H,13,15H2,1H3,(H,31,32). The lowest BCUT2D eigenvalue weighted by Crippen LogP contribution is -2.24. The summed E-state index contributed by atoms with van der Waals surface area (Å²) in [6.45, 7) is 0.286. The molecule has 1 aromatic heterocycles. The lowest BCUT2D eigenvalue weighted by Gasteiger charge is -2.13. The Hall–Kier alpha value is -4.07. The summed E-state index contributed by atoms with van der Waals surface area (Å²) in [5.74, 6) is 0.180. The Balaban J connectivity index is 1.47. The molecule has 1 heterocycles. The summed E-state index contributed by atoms with van der Waals surface area (Å²) in [5, 5.41) is 4.78. The largest absolute Gasteiger partial charge is 0.573 e. The second-order valence-electron chi connectivity index (χ2n) is 7.57. The van der Waals surface area contributed by atoms with E-state index in [-0.39, 0.29) is 24.6 Å². The van der Waals surface area contributed by atoms with Gasteiger partial charge in [-0.15, -0.1) is 13.2 Å². The van der Waals surface area contributed by atoms with Crippen LogP contribution in [0.3, 0.4) is 0 Å². The molecule has 174 valence electrons. The number of nitrogens with zero attached hydrogens (tertiary/aromatic N) is 1. The molecular weight excluding hydrogens is 445 g/mol. The fraction of sp³-hybridized carbons (Fsp3) is 0.154. The van der Waals surface area contributed by atoms with Crippen LogP contribution in [0.15, 0.2) is 79.1 Å². The Morgan fingerprint density at radius 3 is 2.50 bits per heavy atom. The summed E-state index contributed by atoms with van der Waals surface area (Å²) in [4.78, 5) is 16.7. The number of amides is 1. The van der Waals surface area contributed by atoms with E-state index in [4.69, 9.17) is 4.74 Å². The van der Waals surface area contributed by atoms with Crippen LogP contribution < -0.4 is 14.8 Å². The number of rotatable bonds is 7. The van der Waals surface area contributed by atoms with Crippen molar-refractivity contribution in [1.29, 1.82) is 0 Å². The fourth-order valence-corrected chi connectivity index (χ4v) is 3.70. The highest BCUT2D eigenvalue weighted by molar-refractivity contribution is 5.98. The number of benzene rings is 3. The molecule has 0 aliphatic heterocycles. The molecule has 1 amide bonds. The number of fused-ring (bicyclic) bond motifs is 1. The van der Waals surface area contributed by atoms with Gasteiger partial charge in [0, 0.05) is 24.3 Å². The normalized spacial score (nSPS) is 11.3. The summed E-state index contributed by atoms with van der Waals surface area (Å²) < 4.78 is 46.0. The number of alkyl halides is 3. The quantitative estimate of drug-likeness (QED) is 0.381. The fourth-order valence-electron chi connectivity index (χ4n) is 3.70. The summed E-state index contributed by atoms with van der Waals surface area (Å²) in [6.07, 6.45) is -1.23. The van der Waals surface area contributed by atoms with Crippen LogP contribution in [0.1, 0.15) is 11.1 Å². The maximum absolute atomic E-state index is 12.4. The number of hydrogen-bond donors (Lipinski definition) is 1. The third-order valence-electron chi connectivity index (χ3n) is 5.29. The molecule has 34 heavy (non-hydrogen) atoms. The molecule has 5 nitrogen and oxygen atoms in total. The minimum atomic E-state index is -4.75. The van der Waals surface area contributed by atoms with Gasteiger partial charge in [-0.1, -0.05) is 36.4 Å². The first-order chi connectivity index (χ1) is 16.3. The minimum absolute atomic E-state index is 0.0321. The number of carbonyl (C=O) groups excluding carboxylic acids is 1. The molecule has 0 aliphatic rings. The van der Waals surface area contributed by atoms with Crippen LogP contribution in [0.25, 0.3) is 21.9 Å². The highest BCUT2D eigenvalue weighted by Crippen LogP contribution is 2.32. The number of aromatic nitrogens is 1.